The predicted octanol–water partition coefficient (Wildman–Crippen LogP) is 1.83. The molecule has 0 aliphatic carbocycles. The summed E-state index contributed by atoms with van der Waals surface area (Å²) in [6.07, 6.45) is 3.63. The van der Waals surface area contributed by atoms with Crippen molar-refractivity contribution >= 4 is 18.2 Å². The summed E-state index contributed by atoms with van der Waals surface area (Å²) in [5, 5.41) is 7.43. The Morgan fingerprint density at radius 1 is 1.19 bits per heavy atom. The number of anilines is 1. The van der Waals surface area contributed by atoms with Crippen LogP contribution in [0.3, 0.4) is 0 Å². The van der Waals surface area contributed by atoms with Crippen molar-refractivity contribution in [1.29, 1.82) is 0 Å². The number of nitrogen functional groups attached to an aromatic ring is 1. The van der Waals surface area contributed by atoms with Crippen molar-refractivity contribution in [3.63, 3.8) is 0 Å². The number of hydrazine groups is 1. The van der Waals surface area contributed by atoms with Crippen molar-refractivity contribution < 1.29 is 4.42 Å². The first-order valence-electron chi connectivity index (χ1n) is 4.83. The maximum absolute atomic E-state index is 5.13. The fraction of sp³-hybridized carbons (Fsp3) is 0.0909. The Morgan fingerprint density at radius 2 is 1.94 bits per heavy atom. The van der Waals surface area contributed by atoms with Crippen molar-refractivity contribution in [1.82, 2.24) is 10.2 Å². The first kappa shape index (κ1) is 10.4. The normalized spacial score (nSPS) is 10.9. The molecule has 0 saturated heterocycles. The van der Waals surface area contributed by atoms with E-state index < -0.39 is 0 Å². The molecule has 1 aromatic heterocycles. The summed E-state index contributed by atoms with van der Waals surface area (Å²) in [6, 6.07) is 8.32. The minimum Gasteiger partial charge on any atom is -0.403 e. The molecule has 0 aliphatic rings. The Labute approximate surface area is 93.0 Å². The van der Waals surface area contributed by atoms with E-state index in [0.29, 0.717) is 5.89 Å². The Balaban J connectivity index is 2.11. The van der Waals surface area contributed by atoms with Crippen LogP contribution in [0.2, 0.25) is 0 Å². The molecule has 0 saturated carbocycles. The highest BCUT2D eigenvalue weighted by Gasteiger charge is 1.99. The molecule has 0 bridgehead atoms. The number of rotatable bonds is 3. The minimum atomic E-state index is 0.198. The SMILES string of the molecule is Cc1ccc(/C=C/c2nnc(NN)o2)cc1. The minimum absolute atomic E-state index is 0.198. The van der Waals surface area contributed by atoms with E-state index in [1.54, 1.807) is 6.08 Å². The molecule has 0 aliphatic heterocycles. The number of nitrogens with zero attached hydrogens (tertiary/aromatic N) is 2. The largest absolute Gasteiger partial charge is 0.403 e. The second-order valence-corrected chi connectivity index (χ2v) is 3.33. The lowest BCUT2D eigenvalue weighted by atomic mass is 10.1. The lowest BCUT2D eigenvalue weighted by Crippen LogP contribution is -2.06. The first-order valence-corrected chi connectivity index (χ1v) is 4.83. The van der Waals surface area contributed by atoms with Gasteiger partial charge in [0.05, 0.1) is 0 Å². The highest BCUT2D eigenvalue weighted by atomic mass is 16.4. The average Bonchev–Trinajstić information content (AvgIpc) is 2.76. The van der Waals surface area contributed by atoms with Gasteiger partial charge in [0.25, 0.3) is 0 Å². The number of aromatic nitrogens is 2. The van der Waals surface area contributed by atoms with E-state index in [9.17, 15) is 0 Å². The summed E-state index contributed by atoms with van der Waals surface area (Å²) in [7, 11) is 0. The molecule has 0 amide bonds. The van der Waals surface area contributed by atoms with Crippen LogP contribution in [-0.4, -0.2) is 10.2 Å². The Morgan fingerprint density at radius 3 is 2.56 bits per heavy atom. The summed E-state index contributed by atoms with van der Waals surface area (Å²) >= 11 is 0. The molecule has 0 unspecified atom stereocenters. The summed E-state index contributed by atoms with van der Waals surface area (Å²) in [5.41, 5.74) is 4.58. The van der Waals surface area contributed by atoms with E-state index in [4.69, 9.17) is 10.3 Å². The Kier molecular flexibility index (Phi) is 2.98. The fourth-order valence-electron chi connectivity index (χ4n) is 1.21. The van der Waals surface area contributed by atoms with Crippen molar-refractivity contribution in [2.24, 2.45) is 5.84 Å². The van der Waals surface area contributed by atoms with Crippen LogP contribution < -0.4 is 11.3 Å². The number of nitrogens with one attached hydrogen (secondary N) is 1. The van der Waals surface area contributed by atoms with Gasteiger partial charge in [0.2, 0.25) is 5.89 Å². The molecular weight excluding hydrogens is 204 g/mol. The predicted molar refractivity (Wildman–Crippen MR) is 62.2 cm³/mol. The fourth-order valence-corrected chi connectivity index (χ4v) is 1.21. The van der Waals surface area contributed by atoms with Gasteiger partial charge in [-0.2, -0.15) is 0 Å². The van der Waals surface area contributed by atoms with Crippen LogP contribution >= 0.6 is 0 Å². The average molecular weight is 216 g/mol. The second kappa shape index (κ2) is 4.59. The van der Waals surface area contributed by atoms with Gasteiger partial charge < -0.3 is 4.42 Å². The number of nitrogens with two attached hydrogens (primary N) is 1. The van der Waals surface area contributed by atoms with Crippen LogP contribution in [0.15, 0.2) is 28.7 Å². The van der Waals surface area contributed by atoms with Crippen LogP contribution in [0.4, 0.5) is 6.01 Å². The van der Waals surface area contributed by atoms with Gasteiger partial charge in [-0.25, -0.2) is 5.84 Å². The van der Waals surface area contributed by atoms with Gasteiger partial charge in [0, 0.05) is 6.08 Å². The van der Waals surface area contributed by atoms with Crippen molar-refractivity contribution in [3.05, 3.63) is 41.3 Å². The van der Waals surface area contributed by atoms with E-state index in [-0.39, 0.29) is 6.01 Å². The van der Waals surface area contributed by atoms with Gasteiger partial charge in [-0.3, -0.25) is 5.43 Å². The Bertz CT molecular complexity index is 487. The first-order chi connectivity index (χ1) is 7.78. The zero-order chi connectivity index (χ0) is 11.4. The van der Waals surface area contributed by atoms with Gasteiger partial charge in [0.1, 0.15) is 0 Å². The van der Waals surface area contributed by atoms with Crippen molar-refractivity contribution in [3.8, 4) is 0 Å². The summed E-state index contributed by atoms with van der Waals surface area (Å²) in [6.45, 7) is 2.05. The van der Waals surface area contributed by atoms with Gasteiger partial charge in [-0.1, -0.05) is 34.9 Å². The molecule has 5 nitrogen and oxygen atoms in total. The summed E-state index contributed by atoms with van der Waals surface area (Å²) in [4.78, 5) is 0. The number of hydrogen-bond acceptors (Lipinski definition) is 5. The summed E-state index contributed by atoms with van der Waals surface area (Å²) in [5.74, 6) is 5.53. The maximum Gasteiger partial charge on any atom is 0.330 e. The molecule has 82 valence electrons. The number of aryl methyl sites for hydroxylation is 1. The zero-order valence-corrected chi connectivity index (χ0v) is 8.84. The molecule has 0 atom stereocenters. The van der Waals surface area contributed by atoms with Gasteiger partial charge in [0.15, 0.2) is 0 Å². The van der Waals surface area contributed by atoms with Crippen LogP contribution in [0.25, 0.3) is 12.2 Å². The van der Waals surface area contributed by atoms with Gasteiger partial charge in [-0.05, 0) is 18.6 Å². The van der Waals surface area contributed by atoms with Gasteiger partial charge in [-0.15, -0.1) is 5.10 Å². The smallest absolute Gasteiger partial charge is 0.330 e. The topological polar surface area (TPSA) is 77.0 Å². The number of hydrogen-bond donors (Lipinski definition) is 2. The van der Waals surface area contributed by atoms with Crippen LogP contribution in [-0.2, 0) is 0 Å². The Hall–Kier alpha value is -2.14. The highest BCUT2D eigenvalue weighted by molar-refractivity contribution is 5.66. The zero-order valence-electron chi connectivity index (χ0n) is 8.84. The van der Waals surface area contributed by atoms with Gasteiger partial charge >= 0.3 is 6.01 Å². The molecule has 16 heavy (non-hydrogen) atoms. The standard InChI is InChI=1S/C11H12N4O/c1-8-2-4-9(5-3-8)6-7-10-14-15-11(13-12)16-10/h2-7H,12H2,1H3,(H,13,15)/b7-6+. The molecule has 1 heterocycles. The van der Waals surface area contributed by atoms with Crippen LogP contribution in [0.1, 0.15) is 17.0 Å². The van der Waals surface area contributed by atoms with Crippen LogP contribution in [0.5, 0.6) is 0 Å². The molecule has 0 spiro atoms. The van der Waals surface area contributed by atoms with E-state index in [0.717, 1.165) is 5.56 Å². The lowest BCUT2D eigenvalue weighted by Gasteiger charge is -1.93. The third-order valence-corrected chi connectivity index (χ3v) is 2.06. The quantitative estimate of drug-likeness (QED) is 0.604. The van der Waals surface area contributed by atoms with Crippen molar-refractivity contribution in [2.45, 2.75) is 6.92 Å². The van der Waals surface area contributed by atoms with E-state index in [1.807, 2.05) is 37.3 Å². The van der Waals surface area contributed by atoms with Crippen LogP contribution in [0, 0.1) is 6.92 Å². The maximum atomic E-state index is 5.13. The molecule has 0 fully saturated rings. The summed E-state index contributed by atoms with van der Waals surface area (Å²) < 4.78 is 5.13. The monoisotopic (exact) mass is 216 g/mol. The number of benzene rings is 1. The highest BCUT2D eigenvalue weighted by Crippen LogP contribution is 2.10. The lowest BCUT2D eigenvalue weighted by molar-refractivity contribution is 0.556. The molecule has 1 aromatic carbocycles. The van der Waals surface area contributed by atoms with E-state index in [1.165, 1.54) is 5.56 Å². The molecule has 2 rings (SSSR count). The third kappa shape index (κ3) is 2.46. The molecule has 5 heteroatoms. The second-order valence-electron chi connectivity index (χ2n) is 3.33. The van der Waals surface area contributed by atoms with Crippen molar-refractivity contribution in [2.75, 3.05) is 5.43 Å². The molecular formula is C11H12N4O. The molecule has 3 N–H and O–H groups in total. The van der Waals surface area contributed by atoms with E-state index >= 15 is 0 Å². The van der Waals surface area contributed by atoms with E-state index in [2.05, 4.69) is 15.6 Å². The molecule has 2 aromatic rings. The molecule has 0 radical (unpaired) electrons. The third-order valence-electron chi connectivity index (χ3n) is 2.06.